The van der Waals surface area contributed by atoms with Crippen LogP contribution in [0.1, 0.15) is 19.0 Å². The van der Waals surface area contributed by atoms with Gasteiger partial charge in [-0.15, -0.1) is 0 Å². The lowest BCUT2D eigenvalue weighted by atomic mass is 10.1. The van der Waals surface area contributed by atoms with Crippen molar-refractivity contribution in [2.24, 2.45) is 11.5 Å². The fraction of sp³-hybridized carbons (Fsp3) is 0.500. The minimum absolute atomic E-state index is 0.0143. The predicted octanol–water partition coefficient (Wildman–Crippen LogP) is 0.106. The van der Waals surface area contributed by atoms with Gasteiger partial charge in [-0.3, -0.25) is 14.7 Å². The third-order valence-corrected chi connectivity index (χ3v) is 2.72. The third-order valence-electron chi connectivity index (χ3n) is 2.72. The van der Waals surface area contributed by atoms with Crippen molar-refractivity contribution in [1.29, 1.82) is 0 Å². The summed E-state index contributed by atoms with van der Waals surface area (Å²) in [5.41, 5.74) is 11.9. The maximum absolute atomic E-state index is 11.0. The molecule has 0 bridgehead atoms. The van der Waals surface area contributed by atoms with Crippen LogP contribution in [0.5, 0.6) is 0 Å². The second-order valence-electron chi connectivity index (χ2n) is 3.94. The normalized spacial score (nSPS) is 12.6. The molecule has 1 heterocycles. The molecule has 1 rings (SSSR count). The Morgan fingerprint density at radius 3 is 2.76 bits per heavy atom. The van der Waals surface area contributed by atoms with Gasteiger partial charge in [0.1, 0.15) is 0 Å². The molecule has 0 spiro atoms. The van der Waals surface area contributed by atoms with Crippen LogP contribution in [0.25, 0.3) is 0 Å². The molecule has 5 heteroatoms. The fourth-order valence-electron chi connectivity index (χ4n) is 1.79. The highest BCUT2D eigenvalue weighted by Crippen LogP contribution is 2.08. The number of hydrogen-bond acceptors (Lipinski definition) is 4. The molecular formula is C12H20N4O. The van der Waals surface area contributed by atoms with Crippen LogP contribution in [0.15, 0.2) is 24.4 Å². The average Bonchev–Trinajstić information content (AvgIpc) is 2.34. The highest BCUT2D eigenvalue weighted by molar-refractivity contribution is 5.74. The van der Waals surface area contributed by atoms with Crippen molar-refractivity contribution in [2.75, 3.05) is 13.1 Å². The first-order chi connectivity index (χ1) is 8.17. The van der Waals surface area contributed by atoms with E-state index in [4.69, 9.17) is 11.5 Å². The number of aromatic nitrogens is 1. The molecule has 5 nitrogen and oxygen atoms in total. The molecule has 4 N–H and O–H groups in total. The summed E-state index contributed by atoms with van der Waals surface area (Å²) >= 11 is 0. The maximum Gasteiger partial charge on any atom is 0.219 e. The lowest BCUT2D eigenvalue weighted by molar-refractivity contribution is -0.119. The van der Waals surface area contributed by atoms with Gasteiger partial charge in [-0.1, -0.05) is 13.0 Å². The summed E-state index contributed by atoms with van der Waals surface area (Å²) in [6.07, 6.45) is 2.05. The number of primary amides is 1. The molecule has 0 aromatic carbocycles. The van der Waals surface area contributed by atoms with Gasteiger partial charge in [-0.05, 0) is 18.7 Å². The molecule has 17 heavy (non-hydrogen) atoms. The zero-order valence-corrected chi connectivity index (χ0v) is 10.2. The summed E-state index contributed by atoms with van der Waals surface area (Å²) in [5, 5.41) is 0. The Bertz CT molecular complexity index is 342. The van der Waals surface area contributed by atoms with Crippen molar-refractivity contribution in [3.63, 3.8) is 0 Å². The van der Waals surface area contributed by atoms with Crippen LogP contribution in [0.3, 0.4) is 0 Å². The van der Waals surface area contributed by atoms with Gasteiger partial charge < -0.3 is 11.5 Å². The van der Waals surface area contributed by atoms with E-state index >= 15 is 0 Å². The number of carbonyl (C=O) groups excluding carboxylic acids is 1. The Hall–Kier alpha value is -1.46. The molecule has 94 valence electrons. The molecule has 0 aliphatic rings. The van der Waals surface area contributed by atoms with E-state index in [1.807, 2.05) is 25.1 Å². The largest absolute Gasteiger partial charge is 0.370 e. The van der Waals surface area contributed by atoms with Crippen LogP contribution in [-0.2, 0) is 11.3 Å². The van der Waals surface area contributed by atoms with Crippen molar-refractivity contribution in [2.45, 2.75) is 25.9 Å². The van der Waals surface area contributed by atoms with Crippen LogP contribution in [0.2, 0.25) is 0 Å². The quantitative estimate of drug-likeness (QED) is 0.703. The smallest absolute Gasteiger partial charge is 0.219 e. The van der Waals surface area contributed by atoms with Gasteiger partial charge in [0.05, 0.1) is 5.69 Å². The Morgan fingerprint density at radius 2 is 2.29 bits per heavy atom. The number of hydrogen-bond donors (Lipinski definition) is 2. The second kappa shape index (κ2) is 6.98. The number of pyridine rings is 1. The van der Waals surface area contributed by atoms with E-state index in [2.05, 4.69) is 9.88 Å². The molecule has 0 fully saturated rings. The van der Waals surface area contributed by atoms with Crippen molar-refractivity contribution < 1.29 is 4.79 Å². The second-order valence-corrected chi connectivity index (χ2v) is 3.94. The molecule has 1 amide bonds. The van der Waals surface area contributed by atoms with Gasteiger partial charge in [0.25, 0.3) is 0 Å². The topological polar surface area (TPSA) is 85.2 Å². The standard InChI is InChI=1S/C12H20N4O/c1-2-16(11(8-13)7-12(14)17)9-10-5-3-4-6-15-10/h3-6,11H,2,7-9,13H2,1H3,(H2,14,17). The van der Waals surface area contributed by atoms with E-state index < -0.39 is 0 Å². The van der Waals surface area contributed by atoms with E-state index in [9.17, 15) is 4.79 Å². The molecule has 0 saturated carbocycles. The van der Waals surface area contributed by atoms with Crippen molar-refractivity contribution in [3.8, 4) is 0 Å². The van der Waals surface area contributed by atoms with Crippen LogP contribution in [0.4, 0.5) is 0 Å². The molecule has 0 radical (unpaired) electrons. The summed E-state index contributed by atoms with van der Waals surface area (Å²) in [5.74, 6) is -0.320. The maximum atomic E-state index is 11.0. The molecule has 1 aromatic rings. The summed E-state index contributed by atoms with van der Waals surface area (Å²) < 4.78 is 0. The van der Waals surface area contributed by atoms with E-state index in [-0.39, 0.29) is 18.4 Å². The zero-order chi connectivity index (χ0) is 12.7. The highest BCUT2D eigenvalue weighted by Gasteiger charge is 2.18. The molecule has 1 unspecified atom stereocenters. The molecular weight excluding hydrogens is 216 g/mol. The van der Waals surface area contributed by atoms with Crippen LogP contribution >= 0.6 is 0 Å². The Morgan fingerprint density at radius 1 is 1.53 bits per heavy atom. The van der Waals surface area contributed by atoms with Gasteiger partial charge in [-0.25, -0.2) is 0 Å². The fourth-order valence-corrected chi connectivity index (χ4v) is 1.79. The average molecular weight is 236 g/mol. The van der Waals surface area contributed by atoms with Gasteiger partial charge in [0.2, 0.25) is 5.91 Å². The number of likely N-dealkylation sites (N-methyl/N-ethyl adjacent to an activating group) is 1. The number of amides is 1. The Labute approximate surface area is 102 Å². The van der Waals surface area contributed by atoms with Crippen molar-refractivity contribution in [1.82, 2.24) is 9.88 Å². The molecule has 0 aliphatic carbocycles. The first-order valence-corrected chi connectivity index (χ1v) is 5.79. The lowest BCUT2D eigenvalue weighted by Crippen LogP contribution is -2.42. The van der Waals surface area contributed by atoms with Gasteiger partial charge in [-0.2, -0.15) is 0 Å². The lowest BCUT2D eigenvalue weighted by Gasteiger charge is -2.28. The molecule has 1 aromatic heterocycles. The van der Waals surface area contributed by atoms with E-state index in [0.717, 1.165) is 12.2 Å². The number of nitrogens with two attached hydrogens (primary N) is 2. The first-order valence-electron chi connectivity index (χ1n) is 5.79. The van der Waals surface area contributed by atoms with E-state index in [1.54, 1.807) is 6.20 Å². The number of carbonyl (C=O) groups is 1. The van der Waals surface area contributed by atoms with E-state index in [1.165, 1.54) is 0 Å². The highest BCUT2D eigenvalue weighted by atomic mass is 16.1. The minimum Gasteiger partial charge on any atom is -0.370 e. The SMILES string of the molecule is CCN(Cc1ccccn1)C(CN)CC(N)=O. The van der Waals surface area contributed by atoms with Crippen molar-refractivity contribution in [3.05, 3.63) is 30.1 Å². The van der Waals surface area contributed by atoms with Crippen LogP contribution in [0, 0.1) is 0 Å². The Balaban J connectivity index is 2.66. The molecule has 1 atom stereocenters. The molecule has 0 aliphatic heterocycles. The summed E-state index contributed by atoms with van der Waals surface area (Å²) in [6.45, 7) is 3.95. The van der Waals surface area contributed by atoms with Gasteiger partial charge in [0, 0.05) is 31.7 Å². The van der Waals surface area contributed by atoms with E-state index in [0.29, 0.717) is 13.1 Å². The minimum atomic E-state index is -0.320. The monoisotopic (exact) mass is 236 g/mol. The zero-order valence-electron chi connectivity index (χ0n) is 10.2. The number of nitrogens with zero attached hydrogens (tertiary/aromatic N) is 2. The van der Waals surface area contributed by atoms with Gasteiger partial charge >= 0.3 is 0 Å². The number of rotatable bonds is 7. The summed E-state index contributed by atoms with van der Waals surface area (Å²) in [7, 11) is 0. The van der Waals surface area contributed by atoms with Gasteiger partial charge in [0.15, 0.2) is 0 Å². The first kappa shape index (κ1) is 13.6. The summed E-state index contributed by atoms with van der Waals surface area (Å²) in [4.78, 5) is 17.3. The predicted molar refractivity (Wildman–Crippen MR) is 67.0 cm³/mol. The third kappa shape index (κ3) is 4.50. The Kier molecular flexibility index (Phi) is 5.59. The summed E-state index contributed by atoms with van der Waals surface area (Å²) in [6, 6.07) is 5.77. The van der Waals surface area contributed by atoms with Crippen molar-refractivity contribution >= 4 is 5.91 Å². The van der Waals surface area contributed by atoms with Crippen LogP contribution in [-0.4, -0.2) is 34.9 Å². The molecule has 0 saturated heterocycles. The van der Waals surface area contributed by atoms with Crippen LogP contribution < -0.4 is 11.5 Å².